The second-order valence-electron chi connectivity index (χ2n) is 4.38. The summed E-state index contributed by atoms with van der Waals surface area (Å²) in [7, 11) is 0. The van der Waals surface area contributed by atoms with Crippen molar-refractivity contribution in [1.29, 1.82) is 0 Å². The molecule has 0 saturated carbocycles. The maximum Gasteiger partial charge on any atom is 0.259 e. The van der Waals surface area contributed by atoms with E-state index in [0.717, 1.165) is 11.3 Å². The number of hydrazine groups is 1. The Balaban J connectivity index is 2.31. The van der Waals surface area contributed by atoms with Gasteiger partial charge in [0, 0.05) is 22.6 Å². The number of nitrogens with two attached hydrogens (primary N) is 1. The van der Waals surface area contributed by atoms with Crippen molar-refractivity contribution in [2.75, 3.05) is 10.7 Å². The van der Waals surface area contributed by atoms with Crippen LogP contribution in [0, 0.1) is 13.8 Å². The Morgan fingerprint density at radius 3 is 2.75 bits per heavy atom. The minimum atomic E-state index is -0.296. The monoisotopic (exact) mass is 290 g/mol. The molecule has 0 aliphatic heterocycles. The molecule has 4 N–H and O–H groups in total. The van der Waals surface area contributed by atoms with Crippen molar-refractivity contribution in [2.24, 2.45) is 5.84 Å². The van der Waals surface area contributed by atoms with Crippen molar-refractivity contribution >= 4 is 28.9 Å². The SMILES string of the molecule is Cc1cc(NN)c(C(=O)Nc2cccc(Cl)c2C)cn1. The first-order chi connectivity index (χ1) is 9.52. The van der Waals surface area contributed by atoms with Crippen LogP contribution in [0.5, 0.6) is 0 Å². The standard InChI is InChI=1S/C14H15ClN4O/c1-8-6-13(19-16)10(7-17-8)14(20)18-12-5-3-4-11(15)9(12)2/h3-7H,16H2,1-2H3,(H,17,19)(H,18,20). The number of halogens is 1. The number of nitrogens with one attached hydrogen (secondary N) is 2. The highest BCUT2D eigenvalue weighted by molar-refractivity contribution is 6.31. The number of amides is 1. The van der Waals surface area contributed by atoms with Gasteiger partial charge in [0.1, 0.15) is 0 Å². The van der Waals surface area contributed by atoms with E-state index in [9.17, 15) is 4.79 Å². The Hall–Kier alpha value is -2.11. The number of hydrogen-bond donors (Lipinski definition) is 3. The largest absolute Gasteiger partial charge is 0.323 e. The first-order valence-corrected chi connectivity index (χ1v) is 6.40. The second-order valence-corrected chi connectivity index (χ2v) is 4.79. The van der Waals surface area contributed by atoms with Gasteiger partial charge in [-0.05, 0) is 37.6 Å². The summed E-state index contributed by atoms with van der Waals surface area (Å²) < 4.78 is 0. The quantitative estimate of drug-likeness (QED) is 0.600. The van der Waals surface area contributed by atoms with Crippen LogP contribution >= 0.6 is 11.6 Å². The highest BCUT2D eigenvalue weighted by atomic mass is 35.5. The van der Waals surface area contributed by atoms with Crippen LogP contribution in [0.4, 0.5) is 11.4 Å². The van der Waals surface area contributed by atoms with Gasteiger partial charge in [-0.2, -0.15) is 0 Å². The molecule has 0 atom stereocenters. The minimum absolute atomic E-state index is 0.296. The molecule has 2 rings (SSSR count). The Bertz CT molecular complexity index is 658. The van der Waals surface area contributed by atoms with E-state index in [-0.39, 0.29) is 5.91 Å². The number of rotatable bonds is 3. The van der Waals surface area contributed by atoms with E-state index in [0.29, 0.717) is 22.0 Å². The first-order valence-electron chi connectivity index (χ1n) is 6.02. The van der Waals surface area contributed by atoms with Crippen molar-refractivity contribution in [3.05, 3.63) is 52.3 Å². The fourth-order valence-corrected chi connectivity index (χ4v) is 1.97. The molecule has 1 aromatic heterocycles. The van der Waals surface area contributed by atoms with E-state index in [2.05, 4.69) is 15.7 Å². The van der Waals surface area contributed by atoms with Crippen molar-refractivity contribution in [2.45, 2.75) is 13.8 Å². The van der Waals surface area contributed by atoms with Gasteiger partial charge in [-0.3, -0.25) is 15.6 Å². The van der Waals surface area contributed by atoms with Gasteiger partial charge in [0.2, 0.25) is 0 Å². The number of anilines is 2. The third-order valence-electron chi connectivity index (χ3n) is 2.96. The lowest BCUT2D eigenvalue weighted by Gasteiger charge is -2.12. The van der Waals surface area contributed by atoms with E-state index >= 15 is 0 Å². The maximum atomic E-state index is 12.3. The molecule has 104 valence electrons. The molecular formula is C14H15ClN4O. The van der Waals surface area contributed by atoms with E-state index in [4.69, 9.17) is 17.4 Å². The average molecular weight is 291 g/mol. The summed E-state index contributed by atoms with van der Waals surface area (Å²) in [4.78, 5) is 16.4. The van der Waals surface area contributed by atoms with E-state index in [1.54, 1.807) is 24.3 Å². The summed E-state index contributed by atoms with van der Waals surface area (Å²) >= 11 is 6.03. The van der Waals surface area contributed by atoms with Gasteiger partial charge in [0.05, 0.1) is 11.3 Å². The lowest BCUT2D eigenvalue weighted by Crippen LogP contribution is -2.18. The molecule has 6 heteroatoms. The number of carbonyl (C=O) groups excluding carboxylic acids is 1. The molecule has 20 heavy (non-hydrogen) atoms. The average Bonchev–Trinajstić information content (AvgIpc) is 2.43. The Morgan fingerprint density at radius 2 is 2.05 bits per heavy atom. The van der Waals surface area contributed by atoms with Gasteiger partial charge in [-0.15, -0.1) is 0 Å². The summed E-state index contributed by atoms with van der Waals surface area (Å²) in [6, 6.07) is 7.04. The summed E-state index contributed by atoms with van der Waals surface area (Å²) in [6.07, 6.45) is 1.49. The molecule has 0 radical (unpaired) electrons. The van der Waals surface area contributed by atoms with Crippen LogP contribution in [0.25, 0.3) is 0 Å². The van der Waals surface area contributed by atoms with Crippen LogP contribution in [0.1, 0.15) is 21.6 Å². The maximum absolute atomic E-state index is 12.3. The van der Waals surface area contributed by atoms with Gasteiger partial charge in [-0.1, -0.05) is 17.7 Å². The number of aryl methyl sites for hydroxylation is 1. The number of pyridine rings is 1. The molecule has 0 unspecified atom stereocenters. The fourth-order valence-electron chi connectivity index (χ4n) is 1.79. The third kappa shape index (κ3) is 2.89. The zero-order valence-corrected chi connectivity index (χ0v) is 12.0. The molecule has 5 nitrogen and oxygen atoms in total. The Labute approximate surface area is 122 Å². The molecule has 0 saturated heterocycles. The third-order valence-corrected chi connectivity index (χ3v) is 3.37. The molecule has 2 aromatic rings. The number of benzene rings is 1. The predicted octanol–water partition coefficient (Wildman–Crippen LogP) is 2.89. The van der Waals surface area contributed by atoms with Crippen LogP contribution < -0.4 is 16.6 Å². The van der Waals surface area contributed by atoms with E-state index in [1.165, 1.54) is 6.20 Å². The Morgan fingerprint density at radius 1 is 1.30 bits per heavy atom. The van der Waals surface area contributed by atoms with Crippen molar-refractivity contribution < 1.29 is 4.79 Å². The van der Waals surface area contributed by atoms with Crippen LogP contribution in [0.15, 0.2) is 30.5 Å². The molecule has 0 aliphatic carbocycles. The second kappa shape index (κ2) is 5.90. The summed E-state index contributed by atoms with van der Waals surface area (Å²) in [6.45, 7) is 3.66. The van der Waals surface area contributed by atoms with E-state index < -0.39 is 0 Å². The first kappa shape index (κ1) is 14.3. The molecule has 0 bridgehead atoms. The van der Waals surface area contributed by atoms with Crippen LogP contribution in [0.3, 0.4) is 0 Å². The summed E-state index contributed by atoms with van der Waals surface area (Å²) in [5.74, 6) is 5.13. The van der Waals surface area contributed by atoms with Gasteiger partial charge in [0.15, 0.2) is 0 Å². The van der Waals surface area contributed by atoms with Crippen molar-refractivity contribution in [1.82, 2.24) is 4.98 Å². The number of carbonyl (C=O) groups is 1. The minimum Gasteiger partial charge on any atom is -0.323 e. The number of nitrogen functional groups attached to an aromatic ring is 1. The lowest BCUT2D eigenvalue weighted by molar-refractivity contribution is 0.102. The molecule has 0 aliphatic rings. The zero-order chi connectivity index (χ0) is 14.7. The molecule has 0 fully saturated rings. The van der Waals surface area contributed by atoms with Crippen molar-refractivity contribution in [3.8, 4) is 0 Å². The number of hydrogen-bond acceptors (Lipinski definition) is 4. The fraction of sp³-hybridized carbons (Fsp3) is 0.143. The van der Waals surface area contributed by atoms with Crippen molar-refractivity contribution in [3.63, 3.8) is 0 Å². The van der Waals surface area contributed by atoms with Crippen LogP contribution in [-0.2, 0) is 0 Å². The molecule has 0 spiro atoms. The highest BCUT2D eigenvalue weighted by Crippen LogP contribution is 2.24. The molecule has 1 heterocycles. The summed E-state index contributed by atoms with van der Waals surface area (Å²) in [5.41, 5.74) is 5.64. The van der Waals surface area contributed by atoms with E-state index in [1.807, 2.05) is 13.8 Å². The van der Waals surface area contributed by atoms with Gasteiger partial charge < -0.3 is 10.7 Å². The van der Waals surface area contributed by atoms with Gasteiger partial charge in [0.25, 0.3) is 5.91 Å². The number of aromatic nitrogens is 1. The van der Waals surface area contributed by atoms with Gasteiger partial charge in [-0.25, -0.2) is 0 Å². The molecule has 1 aromatic carbocycles. The highest BCUT2D eigenvalue weighted by Gasteiger charge is 2.13. The van der Waals surface area contributed by atoms with Gasteiger partial charge >= 0.3 is 0 Å². The number of nitrogens with zero attached hydrogens (tertiary/aromatic N) is 1. The molecular weight excluding hydrogens is 276 g/mol. The predicted molar refractivity (Wildman–Crippen MR) is 80.9 cm³/mol. The smallest absolute Gasteiger partial charge is 0.259 e. The zero-order valence-electron chi connectivity index (χ0n) is 11.2. The lowest BCUT2D eigenvalue weighted by atomic mass is 10.1. The topological polar surface area (TPSA) is 80.0 Å². The Kier molecular flexibility index (Phi) is 4.22. The normalized spacial score (nSPS) is 10.2. The van der Waals surface area contributed by atoms with Crippen LogP contribution in [0.2, 0.25) is 5.02 Å². The molecule has 1 amide bonds. The summed E-state index contributed by atoms with van der Waals surface area (Å²) in [5, 5.41) is 3.40. The van der Waals surface area contributed by atoms with Crippen LogP contribution in [-0.4, -0.2) is 10.9 Å².